The Morgan fingerprint density at radius 2 is 1.93 bits per heavy atom. The van der Waals surface area contributed by atoms with Crippen LogP contribution in [-0.2, 0) is 9.53 Å². The molecule has 1 amide bonds. The van der Waals surface area contributed by atoms with Gasteiger partial charge in [0.2, 0.25) is 0 Å². The number of methoxy groups -OCH3 is 2. The van der Waals surface area contributed by atoms with Gasteiger partial charge in [-0.15, -0.1) is 0 Å². The van der Waals surface area contributed by atoms with E-state index < -0.39 is 11.7 Å². The summed E-state index contributed by atoms with van der Waals surface area (Å²) < 4.78 is 20.9. The molecule has 30 heavy (non-hydrogen) atoms. The minimum atomic E-state index is -0.771. The highest BCUT2D eigenvalue weighted by Crippen LogP contribution is 2.28. The van der Waals surface area contributed by atoms with E-state index in [1.54, 1.807) is 36.4 Å². The van der Waals surface area contributed by atoms with E-state index in [0.717, 1.165) is 5.39 Å². The fourth-order valence-corrected chi connectivity index (χ4v) is 2.89. The number of nitrogens with one attached hydrogen (secondary N) is 1. The third-order valence-corrected chi connectivity index (χ3v) is 4.37. The Bertz CT molecular complexity index is 1060. The van der Waals surface area contributed by atoms with Crippen molar-refractivity contribution in [2.24, 2.45) is 0 Å². The number of carbonyl (C=O) groups is 1. The molecule has 0 saturated carbocycles. The van der Waals surface area contributed by atoms with Crippen LogP contribution in [0.4, 0.5) is 0 Å². The minimum absolute atomic E-state index is 0.0809. The summed E-state index contributed by atoms with van der Waals surface area (Å²) in [5.74, 6) is 0.601. The molecule has 1 atom stereocenters. The molecule has 3 aromatic rings. The Morgan fingerprint density at radius 3 is 2.63 bits per heavy atom. The van der Waals surface area contributed by atoms with Crippen LogP contribution in [0.3, 0.4) is 0 Å². The highest BCUT2D eigenvalue weighted by molar-refractivity contribution is 5.86. The van der Waals surface area contributed by atoms with Gasteiger partial charge in [0, 0.05) is 19.0 Å². The summed E-state index contributed by atoms with van der Waals surface area (Å²) >= 11 is 0. The fourth-order valence-electron chi connectivity index (χ4n) is 2.89. The zero-order valence-corrected chi connectivity index (χ0v) is 16.7. The van der Waals surface area contributed by atoms with Gasteiger partial charge in [0.1, 0.15) is 5.75 Å². The second-order valence-corrected chi connectivity index (χ2v) is 6.55. The average molecular weight is 413 g/mol. The van der Waals surface area contributed by atoms with Crippen LogP contribution in [0.25, 0.3) is 22.1 Å². The molecule has 0 aliphatic carbocycles. The molecule has 0 aliphatic rings. The molecule has 0 spiro atoms. The lowest BCUT2D eigenvalue weighted by Crippen LogP contribution is -2.36. The molecule has 0 radical (unpaired) electrons. The molecular weight excluding hydrogens is 390 g/mol. The number of rotatable bonds is 9. The predicted molar refractivity (Wildman–Crippen MR) is 111 cm³/mol. The van der Waals surface area contributed by atoms with Gasteiger partial charge in [-0.3, -0.25) is 4.79 Å². The zero-order chi connectivity index (χ0) is 21.5. The van der Waals surface area contributed by atoms with Crippen LogP contribution in [0, 0.1) is 0 Å². The van der Waals surface area contributed by atoms with Crippen molar-refractivity contribution in [2.75, 3.05) is 34.0 Å². The largest absolute Gasteiger partial charge is 0.493 e. The Labute approximate surface area is 173 Å². The van der Waals surface area contributed by atoms with Gasteiger partial charge in [-0.2, -0.15) is 0 Å². The van der Waals surface area contributed by atoms with Crippen LogP contribution < -0.4 is 20.4 Å². The third kappa shape index (κ3) is 5.16. The zero-order valence-electron chi connectivity index (χ0n) is 16.7. The number of carbonyl (C=O) groups excluding carboxylic acids is 1. The molecule has 1 aromatic heterocycles. The number of para-hydroxylation sites is 1. The van der Waals surface area contributed by atoms with Crippen molar-refractivity contribution < 1.29 is 28.5 Å². The van der Waals surface area contributed by atoms with Crippen molar-refractivity contribution in [2.45, 2.75) is 6.10 Å². The Morgan fingerprint density at radius 1 is 1.17 bits per heavy atom. The minimum Gasteiger partial charge on any atom is -0.493 e. The Kier molecular flexibility index (Phi) is 7.05. The first-order valence-electron chi connectivity index (χ1n) is 9.29. The highest BCUT2D eigenvalue weighted by Gasteiger charge is 2.12. The molecule has 1 heterocycles. The second kappa shape index (κ2) is 9.91. The van der Waals surface area contributed by atoms with E-state index in [2.05, 4.69) is 5.32 Å². The van der Waals surface area contributed by atoms with E-state index in [4.69, 9.17) is 18.6 Å². The maximum absolute atomic E-state index is 12.4. The lowest BCUT2D eigenvalue weighted by molar-refractivity contribution is -0.123. The molecule has 158 valence electrons. The van der Waals surface area contributed by atoms with Crippen LogP contribution in [0.2, 0.25) is 0 Å². The molecule has 2 N–H and O–H groups in total. The first-order chi connectivity index (χ1) is 14.5. The molecule has 0 saturated heterocycles. The van der Waals surface area contributed by atoms with E-state index in [-0.39, 0.29) is 25.7 Å². The number of hydrogen-bond donors (Lipinski definition) is 2. The smallest absolute Gasteiger partial charge is 0.344 e. The van der Waals surface area contributed by atoms with Crippen molar-refractivity contribution in [3.8, 4) is 22.6 Å². The quantitative estimate of drug-likeness (QED) is 0.517. The van der Waals surface area contributed by atoms with Gasteiger partial charge in [0.25, 0.3) is 5.91 Å². The molecular formula is C22H23NO7. The molecule has 8 nitrogen and oxygen atoms in total. The van der Waals surface area contributed by atoms with Crippen LogP contribution in [0.1, 0.15) is 0 Å². The second-order valence-electron chi connectivity index (χ2n) is 6.55. The van der Waals surface area contributed by atoms with E-state index in [0.29, 0.717) is 28.2 Å². The van der Waals surface area contributed by atoms with E-state index in [1.807, 2.05) is 12.1 Å². The average Bonchev–Trinajstić information content (AvgIpc) is 2.76. The Hall–Kier alpha value is -3.36. The summed E-state index contributed by atoms with van der Waals surface area (Å²) in [6.45, 7) is 0.0204. The predicted octanol–water partition coefficient (Wildman–Crippen LogP) is 1.97. The highest BCUT2D eigenvalue weighted by atomic mass is 16.5. The molecule has 0 bridgehead atoms. The van der Waals surface area contributed by atoms with Crippen LogP contribution in [0.15, 0.2) is 57.7 Å². The van der Waals surface area contributed by atoms with Crippen molar-refractivity contribution in [1.82, 2.24) is 5.32 Å². The standard InChI is InChI=1S/C22H23NO7/c1-27-12-16(24)11-23-20(25)13-29-17-8-6-14(7-9-17)18-10-15-4-3-5-19(28-2)21(15)30-22(18)26/h3-10,16,24H,11-13H2,1-2H3,(H,23,25). The number of amides is 1. The van der Waals surface area contributed by atoms with Crippen molar-refractivity contribution in [3.05, 3.63) is 59.0 Å². The molecule has 1 unspecified atom stereocenters. The van der Waals surface area contributed by atoms with E-state index in [9.17, 15) is 14.7 Å². The van der Waals surface area contributed by atoms with Gasteiger partial charge in [-0.25, -0.2) is 4.79 Å². The lowest BCUT2D eigenvalue weighted by Gasteiger charge is -2.11. The summed E-state index contributed by atoms with van der Waals surface area (Å²) in [6.07, 6.45) is -0.771. The summed E-state index contributed by atoms with van der Waals surface area (Å²) in [5, 5.41) is 12.8. The third-order valence-electron chi connectivity index (χ3n) is 4.37. The molecule has 0 aliphatic heterocycles. The normalized spacial score (nSPS) is 11.8. The van der Waals surface area contributed by atoms with Crippen molar-refractivity contribution >= 4 is 16.9 Å². The molecule has 0 fully saturated rings. The Balaban J connectivity index is 1.66. The summed E-state index contributed by atoms with van der Waals surface area (Å²) in [4.78, 5) is 24.2. The topological polar surface area (TPSA) is 107 Å². The SMILES string of the molecule is COCC(O)CNC(=O)COc1ccc(-c2cc3cccc(OC)c3oc2=O)cc1. The first-order valence-corrected chi connectivity index (χ1v) is 9.29. The van der Waals surface area contributed by atoms with Gasteiger partial charge >= 0.3 is 5.63 Å². The molecule has 3 rings (SSSR count). The number of fused-ring (bicyclic) bond motifs is 1. The van der Waals surface area contributed by atoms with Crippen molar-refractivity contribution in [3.63, 3.8) is 0 Å². The summed E-state index contributed by atoms with van der Waals surface area (Å²) in [6, 6.07) is 13.9. The van der Waals surface area contributed by atoms with Gasteiger partial charge in [0.05, 0.1) is 25.4 Å². The fraction of sp³-hybridized carbons (Fsp3) is 0.273. The molecule has 8 heteroatoms. The van der Waals surface area contributed by atoms with Crippen LogP contribution >= 0.6 is 0 Å². The maximum Gasteiger partial charge on any atom is 0.344 e. The van der Waals surface area contributed by atoms with Crippen LogP contribution in [0.5, 0.6) is 11.5 Å². The number of aliphatic hydroxyl groups excluding tert-OH is 1. The van der Waals surface area contributed by atoms with Crippen LogP contribution in [-0.4, -0.2) is 51.1 Å². The summed E-state index contributed by atoms with van der Waals surface area (Å²) in [5.41, 5.74) is 0.991. The lowest BCUT2D eigenvalue weighted by atomic mass is 10.1. The maximum atomic E-state index is 12.4. The van der Waals surface area contributed by atoms with Crippen molar-refractivity contribution in [1.29, 1.82) is 0 Å². The number of benzene rings is 2. The van der Waals surface area contributed by atoms with Gasteiger partial charge < -0.3 is 29.1 Å². The van der Waals surface area contributed by atoms with Gasteiger partial charge in [-0.1, -0.05) is 24.3 Å². The number of hydrogen-bond acceptors (Lipinski definition) is 7. The monoisotopic (exact) mass is 413 g/mol. The molecule has 2 aromatic carbocycles. The van der Waals surface area contributed by atoms with E-state index >= 15 is 0 Å². The van der Waals surface area contributed by atoms with E-state index in [1.165, 1.54) is 14.2 Å². The number of ether oxygens (including phenoxy) is 3. The van der Waals surface area contributed by atoms with Gasteiger partial charge in [0.15, 0.2) is 17.9 Å². The number of aliphatic hydroxyl groups is 1. The summed E-state index contributed by atoms with van der Waals surface area (Å²) in [7, 11) is 2.99. The van der Waals surface area contributed by atoms with Gasteiger partial charge in [-0.05, 0) is 29.8 Å². The first kappa shape index (κ1) is 21.4.